The molecule has 0 aromatic heterocycles. The third-order valence-electron chi connectivity index (χ3n) is 2.49. The van der Waals surface area contributed by atoms with Gasteiger partial charge in [-0.05, 0) is 24.1 Å². The van der Waals surface area contributed by atoms with E-state index >= 15 is 0 Å². The summed E-state index contributed by atoms with van der Waals surface area (Å²) >= 11 is 0. The molecular formula is C13H17FO3S. The molecule has 0 heterocycles. The van der Waals surface area contributed by atoms with Crippen molar-refractivity contribution in [3.63, 3.8) is 0 Å². The van der Waals surface area contributed by atoms with Gasteiger partial charge in [-0.25, -0.2) is 9.18 Å². The smallest absolute Gasteiger partial charge is 0.340 e. The molecule has 0 spiro atoms. The van der Waals surface area contributed by atoms with Crippen LogP contribution >= 0.6 is 0 Å². The number of hydrogen-bond acceptors (Lipinski definition) is 3. The van der Waals surface area contributed by atoms with Gasteiger partial charge in [-0.3, -0.25) is 4.21 Å². The maximum absolute atomic E-state index is 13.6. The number of rotatable bonds is 6. The second kappa shape index (κ2) is 7.26. The molecule has 18 heavy (non-hydrogen) atoms. The number of ether oxygens (including phenoxy) is 1. The average molecular weight is 272 g/mol. The van der Waals surface area contributed by atoms with E-state index in [1.54, 1.807) is 6.07 Å². The average Bonchev–Trinajstić information content (AvgIpc) is 2.35. The summed E-state index contributed by atoms with van der Waals surface area (Å²) in [6, 6.07) is 4.22. The van der Waals surface area contributed by atoms with Crippen LogP contribution in [0, 0.1) is 5.82 Å². The summed E-state index contributed by atoms with van der Waals surface area (Å²) in [4.78, 5) is 11.2. The Morgan fingerprint density at radius 1 is 1.44 bits per heavy atom. The molecule has 1 atom stereocenters. The van der Waals surface area contributed by atoms with Crippen LogP contribution in [0.15, 0.2) is 18.2 Å². The Morgan fingerprint density at radius 2 is 2.17 bits per heavy atom. The Labute approximate surface area is 109 Å². The fourth-order valence-corrected chi connectivity index (χ4v) is 2.79. The molecule has 0 N–H and O–H groups in total. The molecule has 0 bridgehead atoms. The minimum absolute atomic E-state index is 0.0967. The number of halogens is 1. The lowest BCUT2D eigenvalue weighted by atomic mass is 10.1. The lowest BCUT2D eigenvalue weighted by molar-refractivity contribution is 0.0595. The first kappa shape index (κ1) is 14.8. The van der Waals surface area contributed by atoms with Crippen molar-refractivity contribution in [1.82, 2.24) is 0 Å². The Bertz CT molecular complexity index is 446. The predicted octanol–water partition coefficient (Wildman–Crippen LogP) is 2.66. The van der Waals surface area contributed by atoms with E-state index < -0.39 is 22.6 Å². The molecule has 0 aliphatic rings. The van der Waals surface area contributed by atoms with Crippen molar-refractivity contribution in [3.8, 4) is 0 Å². The van der Waals surface area contributed by atoms with Gasteiger partial charge >= 0.3 is 5.97 Å². The summed E-state index contributed by atoms with van der Waals surface area (Å²) in [6.45, 7) is 2.03. The summed E-state index contributed by atoms with van der Waals surface area (Å²) in [5.74, 6) is -0.395. The SMILES string of the molecule is CCCCS(=O)Cc1ccc(C(=O)OC)c(F)c1. The van der Waals surface area contributed by atoms with Crippen LogP contribution < -0.4 is 0 Å². The third-order valence-corrected chi connectivity index (χ3v) is 3.89. The van der Waals surface area contributed by atoms with E-state index in [1.807, 2.05) is 6.92 Å². The molecule has 1 rings (SSSR count). The van der Waals surface area contributed by atoms with Crippen LogP contribution in [0.2, 0.25) is 0 Å². The second-order valence-corrected chi connectivity index (χ2v) is 5.52. The van der Waals surface area contributed by atoms with E-state index in [-0.39, 0.29) is 5.56 Å². The van der Waals surface area contributed by atoms with Crippen molar-refractivity contribution in [2.24, 2.45) is 0 Å². The normalized spacial score (nSPS) is 12.2. The Hall–Kier alpha value is -1.23. The number of carbonyl (C=O) groups is 1. The summed E-state index contributed by atoms with van der Waals surface area (Å²) in [5.41, 5.74) is 0.537. The van der Waals surface area contributed by atoms with Crippen molar-refractivity contribution in [2.75, 3.05) is 12.9 Å². The fourth-order valence-electron chi connectivity index (χ4n) is 1.49. The molecule has 100 valence electrons. The number of benzene rings is 1. The van der Waals surface area contributed by atoms with E-state index in [0.29, 0.717) is 17.1 Å². The standard InChI is InChI=1S/C13H17FO3S/c1-3-4-7-18(16)9-10-5-6-11(12(14)8-10)13(15)17-2/h5-6,8H,3-4,7,9H2,1-2H3. The molecule has 1 aromatic rings. The Morgan fingerprint density at radius 3 is 2.72 bits per heavy atom. The van der Waals surface area contributed by atoms with Gasteiger partial charge in [0.05, 0.1) is 12.7 Å². The zero-order chi connectivity index (χ0) is 13.5. The molecule has 0 saturated carbocycles. The first-order chi connectivity index (χ1) is 8.58. The number of esters is 1. The zero-order valence-corrected chi connectivity index (χ0v) is 11.4. The third kappa shape index (κ3) is 4.22. The van der Waals surface area contributed by atoms with Gasteiger partial charge < -0.3 is 4.74 Å². The van der Waals surface area contributed by atoms with Crippen LogP contribution in [0.3, 0.4) is 0 Å². The lowest BCUT2D eigenvalue weighted by Crippen LogP contribution is -2.06. The van der Waals surface area contributed by atoms with E-state index in [9.17, 15) is 13.4 Å². The lowest BCUT2D eigenvalue weighted by Gasteiger charge is -2.05. The highest BCUT2D eigenvalue weighted by atomic mass is 32.2. The fraction of sp³-hybridized carbons (Fsp3) is 0.462. The van der Waals surface area contributed by atoms with Crippen molar-refractivity contribution in [3.05, 3.63) is 35.1 Å². The van der Waals surface area contributed by atoms with Gasteiger partial charge in [0.25, 0.3) is 0 Å². The van der Waals surface area contributed by atoms with Crippen LogP contribution in [-0.2, 0) is 21.3 Å². The first-order valence-electron chi connectivity index (χ1n) is 5.80. The van der Waals surface area contributed by atoms with Crippen LogP contribution in [0.1, 0.15) is 35.7 Å². The number of hydrogen-bond donors (Lipinski definition) is 0. The van der Waals surface area contributed by atoms with Gasteiger partial charge in [-0.15, -0.1) is 0 Å². The summed E-state index contributed by atoms with van der Waals surface area (Å²) in [5, 5.41) is 0. The highest BCUT2D eigenvalue weighted by Crippen LogP contribution is 2.13. The molecule has 0 aliphatic heterocycles. The van der Waals surface area contributed by atoms with Crippen molar-refractivity contribution < 1.29 is 18.1 Å². The molecule has 0 fully saturated rings. The van der Waals surface area contributed by atoms with E-state index in [1.165, 1.54) is 19.2 Å². The number of carbonyl (C=O) groups excluding carboxylic acids is 1. The minimum Gasteiger partial charge on any atom is -0.465 e. The van der Waals surface area contributed by atoms with E-state index in [2.05, 4.69) is 4.74 Å². The number of unbranched alkanes of at least 4 members (excludes halogenated alkanes) is 1. The van der Waals surface area contributed by atoms with Gasteiger partial charge in [0.2, 0.25) is 0 Å². The Balaban J connectivity index is 2.72. The molecule has 1 aromatic carbocycles. The minimum atomic E-state index is -0.981. The van der Waals surface area contributed by atoms with Gasteiger partial charge in [0.1, 0.15) is 5.82 Å². The predicted molar refractivity (Wildman–Crippen MR) is 69.4 cm³/mol. The quantitative estimate of drug-likeness (QED) is 0.748. The molecular weight excluding hydrogens is 255 g/mol. The van der Waals surface area contributed by atoms with Crippen LogP contribution in [0.25, 0.3) is 0 Å². The van der Waals surface area contributed by atoms with Gasteiger partial charge in [-0.2, -0.15) is 0 Å². The molecule has 5 heteroatoms. The van der Waals surface area contributed by atoms with Crippen LogP contribution in [0.4, 0.5) is 4.39 Å². The molecule has 0 saturated heterocycles. The van der Waals surface area contributed by atoms with Gasteiger partial charge in [0, 0.05) is 22.3 Å². The first-order valence-corrected chi connectivity index (χ1v) is 7.29. The van der Waals surface area contributed by atoms with Gasteiger partial charge in [0.15, 0.2) is 0 Å². The molecule has 3 nitrogen and oxygen atoms in total. The van der Waals surface area contributed by atoms with Crippen molar-refractivity contribution >= 4 is 16.8 Å². The van der Waals surface area contributed by atoms with Crippen molar-refractivity contribution in [1.29, 1.82) is 0 Å². The maximum Gasteiger partial charge on any atom is 0.340 e. The summed E-state index contributed by atoms with van der Waals surface area (Å²) in [7, 11) is 0.223. The molecule has 0 radical (unpaired) electrons. The Kier molecular flexibility index (Phi) is 5.98. The summed E-state index contributed by atoms with van der Waals surface area (Å²) < 4.78 is 29.7. The second-order valence-electron chi connectivity index (χ2n) is 3.95. The molecule has 0 amide bonds. The van der Waals surface area contributed by atoms with E-state index in [4.69, 9.17) is 0 Å². The summed E-state index contributed by atoms with van der Waals surface area (Å²) in [6.07, 6.45) is 1.89. The highest BCUT2D eigenvalue weighted by molar-refractivity contribution is 7.84. The monoisotopic (exact) mass is 272 g/mol. The van der Waals surface area contributed by atoms with Gasteiger partial charge in [-0.1, -0.05) is 19.4 Å². The van der Waals surface area contributed by atoms with E-state index in [0.717, 1.165) is 12.8 Å². The molecule has 0 aliphatic carbocycles. The van der Waals surface area contributed by atoms with Crippen LogP contribution in [0.5, 0.6) is 0 Å². The van der Waals surface area contributed by atoms with Crippen LogP contribution in [-0.4, -0.2) is 23.0 Å². The zero-order valence-electron chi connectivity index (χ0n) is 10.6. The topological polar surface area (TPSA) is 43.4 Å². The number of methoxy groups -OCH3 is 1. The molecule has 1 unspecified atom stereocenters. The van der Waals surface area contributed by atoms with Crippen molar-refractivity contribution in [2.45, 2.75) is 25.5 Å². The highest BCUT2D eigenvalue weighted by Gasteiger charge is 2.13. The maximum atomic E-state index is 13.6. The largest absolute Gasteiger partial charge is 0.465 e.